The number of methoxy groups -OCH3 is 1. The van der Waals surface area contributed by atoms with Crippen LogP contribution in [0.4, 0.5) is 5.69 Å². The standard InChI is InChI=1S/C13H15NO3S/c1-3-8-18-9-12(15)14-11-6-4-10(5-7-11)13(16)17-2/h3-7H,1,8-9H2,2H3,(H,14,15). The molecule has 0 aromatic heterocycles. The lowest BCUT2D eigenvalue weighted by Gasteiger charge is -2.05. The van der Waals surface area contributed by atoms with Crippen LogP contribution < -0.4 is 5.32 Å². The zero-order chi connectivity index (χ0) is 13.4. The molecule has 18 heavy (non-hydrogen) atoms. The van der Waals surface area contributed by atoms with Crippen molar-refractivity contribution < 1.29 is 14.3 Å². The molecule has 0 spiro atoms. The molecule has 0 saturated carbocycles. The minimum atomic E-state index is -0.394. The third-order valence-corrected chi connectivity index (χ3v) is 3.00. The average Bonchev–Trinajstić information content (AvgIpc) is 2.39. The Balaban J connectivity index is 2.50. The SMILES string of the molecule is C=CCSCC(=O)Nc1ccc(C(=O)OC)cc1. The van der Waals surface area contributed by atoms with Crippen molar-refractivity contribution in [1.82, 2.24) is 0 Å². The molecule has 1 amide bonds. The molecule has 1 N–H and O–H groups in total. The van der Waals surface area contributed by atoms with Crippen molar-refractivity contribution in [2.75, 3.05) is 23.9 Å². The summed E-state index contributed by atoms with van der Waals surface area (Å²) in [5.74, 6) is 0.654. The summed E-state index contributed by atoms with van der Waals surface area (Å²) >= 11 is 1.49. The summed E-state index contributed by atoms with van der Waals surface area (Å²) in [4.78, 5) is 22.7. The summed E-state index contributed by atoms with van der Waals surface area (Å²) < 4.78 is 4.58. The number of rotatable bonds is 6. The maximum atomic E-state index is 11.5. The van der Waals surface area contributed by atoms with E-state index in [1.165, 1.54) is 18.9 Å². The molecule has 0 bridgehead atoms. The molecule has 0 saturated heterocycles. The number of anilines is 1. The summed E-state index contributed by atoms with van der Waals surface area (Å²) in [6.07, 6.45) is 1.75. The molecule has 0 radical (unpaired) electrons. The van der Waals surface area contributed by atoms with Gasteiger partial charge in [-0.05, 0) is 24.3 Å². The van der Waals surface area contributed by atoms with E-state index in [0.29, 0.717) is 17.0 Å². The molecule has 0 aliphatic carbocycles. The van der Waals surface area contributed by atoms with Crippen LogP contribution in [0.15, 0.2) is 36.9 Å². The summed E-state index contributed by atoms with van der Waals surface area (Å²) in [5, 5.41) is 2.74. The van der Waals surface area contributed by atoms with Crippen molar-refractivity contribution in [3.05, 3.63) is 42.5 Å². The Hall–Kier alpha value is -1.75. The summed E-state index contributed by atoms with van der Waals surface area (Å²) in [6, 6.07) is 6.56. The van der Waals surface area contributed by atoms with Crippen molar-refractivity contribution in [2.45, 2.75) is 0 Å². The number of hydrogen-bond acceptors (Lipinski definition) is 4. The molecule has 0 heterocycles. The zero-order valence-electron chi connectivity index (χ0n) is 10.1. The summed E-state index contributed by atoms with van der Waals surface area (Å²) in [5.41, 5.74) is 1.11. The number of hydrogen-bond donors (Lipinski definition) is 1. The van der Waals surface area contributed by atoms with E-state index in [4.69, 9.17) is 0 Å². The van der Waals surface area contributed by atoms with Crippen LogP contribution in [0, 0.1) is 0 Å². The Morgan fingerprint density at radius 1 is 1.39 bits per heavy atom. The number of ether oxygens (including phenoxy) is 1. The molecule has 1 aromatic rings. The second kappa shape index (κ2) is 7.55. The lowest BCUT2D eigenvalue weighted by molar-refractivity contribution is -0.113. The first-order chi connectivity index (χ1) is 8.67. The van der Waals surface area contributed by atoms with Crippen molar-refractivity contribution in [2.24, 2.45) is 0 Å². The Labute approximate surface area is 110 Å². The van der Waals surface area contributed by atoms with Crippen LogP contribution in [0.5, 0.6) is 0 Å². The fourth-order valence-electron chi connectivity index (χ4n) is 1.24. The Morgan fingerprint density at radius 3 is 2.61 bits per heavy atom. The first kappa shape index (κ1) is 14.3. The molecule has 4 nitrogen and oxygen atoms in total. The van der Waals surface area contributed by atoms with Gasteiger partial charge in [-0.15, -0.1) is 18.3 Å². The first-order valence-electron chi connectivity index (χ1n) is 5.34. The number of nitrogens with one attached hydrogen (secondary N) is 1. The first-order valence-corrected chi connectivity index (χ1v) is 6.49. The highest BCUT2D eigenvalue weighted by Crippen LogP contribution is 2.11. The van der Waals surface area contributed by atoms with Gasteiger partial charge in [-0.25, -0.2) is 4.79 Å². The smallest absolute Gasteiger partial charge is 0.337 e. The Bertz CT molecular complexity index is 428. The van der Waals surface area contributed by atoms with Gasteiger partial charge < -0.3 is 10.1 Å². The summed E-state index contributed by atoms with van der Waals surface area (Å²) in [6.45, 7) is 3.58. The van der Waals surface area contributed by atoms with Crippen LogP contribution in [-0.2, 0) is 9.53 Å². The van der Waals surface area contributed by atoms with Crippen molar-refractivity contribution in [3.8, 4) is 0 Å². The second-order valence-corrected chi connectivity index (χ2v) is 4.45. The number of esters is 1. The topological polar surface area (TPSA) is 55.4 Å². The van der Waals surface area contributed by atoms with Crippen LogP contribution in [-0.4, -0.2) is 30.5 Å². The van der Waals surface area contributed by atoms with Crippen molar-refractivity contribution in [3.63, 3.8) is 0 Å². The van der Waals surface area contributed by atoms with Crippen molar-refractivity contribution >= 4 is 29.3 Å². The second-order valence-electron chi connectivity index (χ2n) is 3.42. The molecule has 96 valence electrons. The van der Waals surface area contributed by atoms with Gasteiger partial charge in [0.25, 0.3) is 0 Å². The van der Waals surface area contributed by atoms with Gasteiger partial charge in [0.05, 0.1) is 18.4 Å². The number of thioether (sulfide) groups is 1. The average molecular weight is 265 g/mol. The third kappa shape index (κ3) is 4.63. The lowest BCUT2D eigenvalue weighted by atomic mass is 10.2. The van der Waals surface area contributed by atoms with Gasteiger partial charge in [0.15, 0.2) is 0 Å². The highest BCUT2D eigenvalue weighted by Gasteiger charge is 2.06. The van der Waals surface area contributed by atoms with E-state index < -0.39 is 5.97 Å². The number of carbonyl (C=O) groups is 2. The molecular weight excluding hydrogens is 250 g/mol. The molecule has 1 aromatic carbocycles. The minimum absolute atomic E-state index is 0.0762. The van der Waals surface area contributed by atoms with Crippen molar-refractivity contribution in [1.29, 1.82) is 0 Å². The lowest BCUT2D eigenvalue weighted by Crippen LogP contribution is -2.14. The Kier molecular flexibility index (Phi) is 6.00. The van der Waals surface area contributed by atoms with Gasteiger partial charge in [-0.3, -0.25) is 4.79 Å². The van der Waals surface area contributed by atoms with Crippen LogP contribution in [0.2, 0.25) is 0 Å². The molecule has 0 atom stereocenters. The molecular formula is C13H15NO3S. The van der Waals surface area contributed by atoms with E-state index in [2.05, 4.69) is 16.6 Å². The number of benzene rings is 1. The molecule has 1 rings (SSSR count). The predicted octanol–water partition coefficient (Wildman–Crippen LogP) is 2.33. The highest BCUT2D eigenvalue weighted by atomic mass is 32.2. The van der Waals surface area contributed by atoms with Crippen LogP contribution in [0.25, 0.3) is 0 Å². The molecule has 0 fully saturated rings. The van der Waals surface area contributed by atoms with E-state index in [9.17, 15) is 9.59 Å². The highest BCUT2D eigenvalue weighted by molar-refractivity contribution is 8.00. The quantitative estimate of drug-likeness (QED) is 0.487. The van der Waals surface area contributed by atoms with Gasteiger partial charge in [-0.1, -0.05) is 6.08 Å². The number of amides is 1. The number of carbonyl (C=O) groups excluding carboxylic acids is 2. The van der Waals surface area contributed by atoms with E-state index in [1.807, 2.05) is 0 Å². The normalized spacial score (nSPS) is 9.61. The van der Waals surface area contributed by atoms with Gasteiger partial charge >= 0.3 is 5.97 Å². The maximum absolute atomic E-state index is 11.5. The minimum Gasteiger partial charge on any atom is -0.465 e. The fourth-order valence-corrected chi connectivity index (χ4v) is 1.78. The van der Waals surface area contributed by atoms with Crippen LogP contribution in [0.3, 0.4) is 0 Å². The van der Waals surface area contributed by atoms with E-state index in [1.54, 1.807) is 30.3 Å². The van der Waals surface area contributed by atoms with Gasteiger partial charge in [-0.2, -0.15) is 0 Å². The molecule has 5 heteroatoms. The molecule has 0 unspecified atom stereocenters. The van der Waals surface area contributed by atoms with Gasteiger partial charge in [0.2, 0.25) is 5.91 Å². The van der Waals surface area contributed by atoms with E-state index in [0.717, 1.165) is 5.75 Å². The van der Waals surface area contributed by atoms with E-state index in [-0.39, 0.29) is 5.91 Å². The molecule has 0 aliphatic heterocycles. The van der Waals surface area contributed by atoms with Crippen LogP contribution >= 0.6 is 11.8 Å². The third-order valence-electron chi connectivity index (χ3n) is 2.06. The Morgan fingerprint density at radius 2 is 2.06 bits per heavy atom. The fraction of sp³-hybridized carbons (Fsp3) is 0.231. The van der Waals surface area contributed by atoms with E-state index >= 15 is 0 Å². The predicted molar refractivity (Wildman–Crippen MR) is 73.9 cm³/mol. The zero-order valence-corrected chi connectivity index (χ0v) is 11.0. The monoisotopic (exact) mass is 265 g/mol. The maximum Gasteiger partial charge on any atom is 0.337 e. The van der Waals surface area contributed by atoms with Crippen LogP contribution in [0.1, 0.15) is 10.4 Å². The molecule has 0 aliphatic rings. The summed E-state index contributed by atoms with van der Waals surface area (Å²) in [7, 11) is 1.33. The largest absolute Gasteiger partial charge is 0.465 e. The van der Waals surface area contributed by atoms with Gasteiger partial charge in [0.1, 0.15) is 0 Å². The van der Waals surface area contributed by atoms with Gasteiger partial charge in [0, 0.05) is 11.4 Å².